The van der Waals surface area contributed by atoms with Gasteiger partial charge in [-0.2, -0.15) is 13.4 Å². The molecule has 0 saturated heterocycles. The van der Waals surface area contributed by atoms with E-state index in [4.69, 9.17) is 11.6 Å². The Morgan fingerprint density at radius 1 is 0.966 bits per heavy atom. The molecular weight excluding hydrogens is 410 g/mol. The molecule has 146 valence electrons. The lowest BCUT2D eigenvalue weighted by Crippen LogP contribution is -2.18. The first kappa shape index (κ1) is 19.1. The van der Waals surface area contributed by atoms with Crippen molar-refractivity contribution in [3.63, 3.8) is 0 Å². The number of benzene rings is 2. The monoisotopic (exact) mass is 425 g/mol. The zero-order valence-electron chi connectivity index (χ0n) is 15.1. The first-order chi connectivity index (χ1) is 14.0. The Hall–Kier alpha value is -3.23. The number of rotatable bonds is 6. The minimum Gasteiger partial charge on any atom is -0.349 e. The summed E-state index contributed by atoms with van der Waals surface area (Å²) in [5, 5.41) is 7.76. The number of aromatic nitrogens is 4. The highest BCUT2D eigenvalue weighted by molar-refractivity contribution is 7.90. The zero-order chi connectivity index (χ0) is 20.3. The van der Waals surface area contributed by atoms with Crippen LogP contribution in [0, 0.1) is 0 Å². The summed E-state index contributed by atoms with van der Waals surface area (Å²) in [6, 6.07) is 19.0. The molecule has 0 unspecified atom stereocenters. The number of anilines is 1. The van der Waals surface area contributed by atoms with Gasteiger partial charge in [0.15, 0.2) is 5.82 Å². The van der Waals surface area contributed by atoms with Crippen molar-refractivity contribution < 1.29 is 8.42 Å². The molecule has 2 aromatic heterocycles. The second kappa shape index (κ2) is 8.02. The van der Waals surface area contributed by atoms with Gasteiger partial charge in [0.1, 0.15) is 0 Å². The number of nitrogens with one attached hydrogen (secondary N) is 1. The van der Waals surface area contributed by atoms with E-state index < -0.39 is 10.0 Å². The maximum Gasteiger partial charge on any atom is 0.286 e. The third-order valence-corrected chi connectivity index (χ3v) is 5.96. The van der Waals surface area contributed by atoms with Crippen LogP contribution >= 0.6 is 11.6 Å². The van der Waals surface area contributed by atoms with Gasteiger partial charge in [-0.05, 0) is 42.0 Å². The second-order valence-electron chi connectivity index (χ2n) is 6.14. The first-order valence-electron chi connectivity index (χ1n) is 8.70. The molecule has 0 saturated carbocycles. The van der Waals surface area contributed by atoms with Crippen molar-refractivity contribution in [2.24, 2.45) is 0 Å². The number of hydrogen-bond donors (Lipinski definition) is 1. The lowest BCUT2D eigenvalue weighted by molar-refractivity contribution is 0.580. The van der Waals surface area contributed by atoms with Crippen LogP contribution in [0.2, 0.25) is 5.02 Å². The number of pyridine rings is 1. The van der Waals surface area contributed by atoms with E-state index >= 15 is 0 Å². The average molecular weight is 426 g/mol. The lowest BCUT2D eigenvalue weighted by Gasteiger charge is -2.09. The van der Waals surface area contributed by atoms with Crippen molar-refractivity contribution in [2.75, 3.05) is 5.32 Å². The van der Waals surface area contributed by atoms with Gasteiger partial charge in [-0.25, -0.2) is 0 Å². The molecule has 0 amide bonds. The topological polar surface area (TPSA) is 89.8 Å². The SMILES string of the molecule is O=S(=O)(c1ccc(Cl)cc1)n1nc(-c2cccnc2)nc1NCc1ccccc1. The molecule has 0 atom stereocenters. The molecule has 0 radical (unpaired) electrons. The van der Waals surface area contributed by atoms with Gasteiger partial charge in [-0.15, -0.1) is 9.19 Å². The Morgan fingerprint density at radius 3 is 2.41 bits per heavy atom. The van der Waals surface area contributed by atoms with E-state index in [1.165, 1.54) is 24.3 Å². The van der Waals surface area contributed by atoms with Crippen molar-refractivity contribution in [3.8, 4) is 11.4 Å². The maximum absolute atomic E-state index is 13.2. The largest absolute Gasteiger partial charge is 0.349 e. The minimum absolute atomic E-state index is 0.0623. The van der Waals surface area contributed by atoms with Gasteiger partial charge in [0.2, 0.25) is 5.95 Å². The van der Waals surface area contributed by atoms with E-state index in [0.29, 0.717) is 17.1 Å². The maximum atomic E-state index is 13.2. The molecule has 7 nitrogen and oxygen atoms in total. The van der Waals surface area contributed by atoms with Crippen LogP contribution in [0.5, 0.6) is 0 Å². The predicted molar refractivity (Wildman–Crippen MR) is 111 cm³/mol. The summed E-state index contributed by atoms with van der Waals surface area (Å²) in [4.78, 5) is 8.51. The van der Waals surface area contributed by atoms with E-state index in [0.717, 1.165) is 9.65 Å². The third kappa shape index (κ3) is 4.13. The normalized spacial score (nSPS) is 11.3. The highest BCUT2D eigenvalue weighted by atomic mass is 35.5. The molecule has 4 rings (SSSR count). The van der Waals surface area contributed by atoms with Crippen LogP contribution in [0.4, 0.5) is 5.95 Å². The summed E-state index contributed by atoms with van der Waals surface area (Å²) in [5.74, 6) is 0.369. The van der Waals surface area contributed by atoms with Gasteiger partial charge in [0.25, 0.3) is 10.0 Å². The van der Waals surface area contributed by atoms with Crippen molar-refractivity contribution >= 4 is 27.6 Å². The van der Waals surface area contributed by atoms with E-state index in [1.807, 2.05) is 30.3 Å². The molecule has 0 aliphatic heterocycles. The molecule has 0 spiro atoms. The Kier molecular flexibility index (Phi) is 5.28. The van der Waals surface area contributed by atoms with Crippen molar-refractivity contribution in [1.29, 1.82) is 0 Å². The Labute approximate surface area is 173 Å². The Morgan fingerprint density at radius 2 is 1.72 bits per heavy atom. The summed E-state index contributed by atoms with van der Waals surface area (Å²) < 4.78 is 27.3. The van der Waals surface area contributed by atoms with Gasteiger partial charge >= 0.3 is 0 Å². The van der Waals surface area contributed by atoms with Gasteiger partial charge in [0, 0.05) is 29.5 Å². The summed E-state index contributed by atoms with van der Waals surface area (Å²) in [7, 11) is -3.98. The Balaban J connectivity index is 1.76. The van der Waals surface area contributed by atoms with E-state index in [9.17, 15) is 8.42 Å². The van der Waals surface area contributed by atoms with Crippen LogP contribution in [0.15, 0.2) is 84.0 Å². The summed E-state index contributed by atoms with van der Waals surface area (Å²) in [6.07, 6.45) is 3.20. The molecule has 29 heavy (non-hydrogen) atoms. The Bertz CT molecular complexity index is 1210. The molecule has 0 aliphatic carbocycles. The van der Waals surface area contributed by atoms with Crippen LogP contribution in [-0.4, -0.2) is 27.6 Å². The van der Waals surface area contributed by atoms with E-state index in [2.05, 4.69) is 20.4 Å². The predicted octanol–water partition coefficient (Wildman–Crippen LogP) is 3.84. The standard InChI is InChI=1S/C20H16ClN5O2S/c21-17-8-10-18(11-9-17)29(27,28)26-20(23-13-15-5-2-1-3-6-15)24-19(25-26)16-7-4-12-22-14-16/h1-12,14H,13H2,(H,23,24,25). The molecular formula is C20H16ClN5O2S. The third-order valence-electron chi connectivity index (χ3n) is 4.13. The van der Waals surface area contributed by atoms with Crippen LogP contribution < -0.4 is 5.32 Å². The minimum atomic E-state index is -3.98. The summed E-state index contributed by atoms with van der Waals surface area (Å²) in [6.45, 7) is 0.391. The van der Waals surface area contributed by atoms with E-state index in [-0.39, 0.29) is 16.7 Å². The highest BCUT2D eigenvalue weighted by Crippen LogP contribution is 2.23. The molecule has 1 N–H and O–H groups in total. The van der Waals surface area contributed by atoms with Crippen LogP contribution in [0.3, 0.4) is 0 Å². The number of halogens is 1. The van der Waals surface area contributed by atoms with Crippen LogP contribution in [0.1, 0.15) is 5.56 Å². The van der Waals surface area contributed by atoms with Gasteiger partial charge in [-0.3, -0.25) is 4.98 Å². The van der Waals surface area contributed by atoms with Crippen molar-refractivity contribution in [2.45, 2.75) is 11.4 Å². The second-order valence-corrected chi connectivity index (χ2v) is 8.35. The molecule has 9 heteroatoms. The van der Waals surface area contributed by atoms with Crippen molar-refractivity contribution in [3.05, 3.63) is 89.7 Å². The van der Waals surface area contributed by atoms with Gasteiger partial charge in [0.05, 0.1) is 4.90 Å². The molecule has 0 bridgehead atoms. The molecule has 0 aliphatic rings. The quantitative estimate of drug-likeness (QED) is 0.504. The first-order valence-corrected chi connectivity index (χ1v) is 10.5. The zero-order valence-corrected chi connectivity index (χ0v) is 16.7. The van der Waals surface area contributed by atoms with Gasteiger partial charge in [-0.1, -0.05) is 41.9 Å². The number of hydrogen-bond acceptors (Lipinski definition) is 6. The molecule has 4 aromatic rings. The summed E-state index contributed by atoms with van der Waals surface area (Å²) >= 11 is 5.89. The fraction of sp³-hybridized carbons (Fsp3) is 0.0500. The highest BCUT2D eigenvalue weighted by Gasteiger charge is 2.24. The van der Waals surface area contributed by atoms with Crippen LogP contribution in [0.25, 0.3) is 11.4 Å². The smallest absolute Gasteiger partial charge is 0.286 e. The molecule has 0 fully saturated rings. The van der Waals surface area contributed by atoms with Crippen molar-refractivity contribution in [1.82, 2.24) is 19.2 Å². The fourth-order valence-corrected chi connectivity index (χ4v) is 4.00. The summed E-state index contributed by atoms with van der Waals surface area (Å²) in [5.41, 5.74) is 1.59. The number of nitrogens with zero attached hydrogens (tertiary/aromatic N) is 4. The molecule has 2 heterocycles. The fourth-order valence-electron chi connectivity index (χ4n) is 2.67. The van der Waals surface area contributed by atoms with E-state index in [1.54, 1.807) is 24.5 Å². The van der Waals surface area contributed by atoms with Gasteiger partial charge < -0.3 is 5.32 Å². The lowest BCUT2D eigenvalue weighted by atomic mass is 10.2. The average Bonchev–Trinajstić information content (AvgIpc) is 3.19. The molecule has 2 aromatic carbocycles. The van der Waals surface area contributed by atoms with Crippen LogP contribution in [-0.2, 0) is 16.6 Å².